The fraction of sp³-hybridized carbons (Fsp3) is 0.714. The Kier molecular flexibility index (Phi) is 2.11. The molecule has 4 rings (SSSR count). The Balaban J connectivity index is 2.16. The smallest absolute Gasteiger partial charge is 0.310 e. The Bertz CT molecular complexity index is 425. The summed E-state index contributed by atoms with van der Waals surface area (Å²) in [6, 6.07) is 0. The molecule has 0 heterocycles. The van der Waals surface area contributed by atoms with Crippen LogP contribution in [-0.2, 0) is 9.59 Å². The molecule has 0 atom stereocenters. The van der Waals surface area contributed by atoms with Gasteiger partial charge in [-0.15, -0.1) is 12.3 Å². The van der Waals surface area contributed by atoms with Crippen LogP contribution in [0.1, 0.15) is 32.1 Å². The molecule has 4 aliphatic carbocycles. The van der Waals surface area contributed by atoms with E-state index in [1.165, 1.54) is 0 Å². The number of carboxylic acids is 2. The molecule has 4 saturated carbocycles. The van der Waals surface area contributed by atoms with Crippen LogP contribution in [0.25, 0.3) is 0 Å². The standard InChI is InChI=1S/C14H16O4/c1-2-10-13(11(15)16)4-8-3-9(6-13)7-14(10,5-8)12(17)18/h1,8-10H,3-7H2,(H,15,16)(H,17,18). The number of rotatable bonds is 2. The molecule has 4 heteroatoms. The predicted molar refractivity (Wildman–Crippen MR) is 62.5 cm³/mol. The van der Waals surface area contributed by atoms with E-state index >= 15 is 0 Å². The maximum absolute atomic E-state index is 11.7. The van der Waals surface area contributed by atoms with Crippen molar-refractivity contribution < 1.29 is 19.8 Å². The highest BCUT2D eigenvalue weighted by Gasteiger charge is 2.69. The van der Waals surface area contributed by atoms with Gasteiger partial charge in [0.1, 0.15) is 0 Å². The van der Waals surface area contributed by atoms with Crippen LogP contribution in [0, 0.1) is 40.9 Å². The fourth-order valence-electron chi connectivity index (χ4n) is 5.09. The summed E-state index contributed by atoms with van der Waals surface area (Å²) in [4.78, 5) is 23.4. The Morgan fingerprint density at radius 3 is 1.67 bits per heavy atom. The highest BCUT2D eigenvalue weighted by Crippen LogP contribution is 2.68. The third-order valence-electron chi connectivity index (χ3n) is 5.40. The lowest BCUT2D eigenvalue weighted by Gasteiger charge is -2.61. The zero-order valence-corrected chi connectivity index (χ0v) is 10.1. The van der Waals surface area contributed by atoms with Crippen molar-refractivity contribution in [1.29, 1.82) is 0 Å². The lowest BCUT2D eigenvalue weighted by Crippen LogP contribution is -2.63. The van der Waals surface area contributed by atoms with Crippen LogP contribution >= 0.6 is 0 Å². The molecule has 0 aromatic carbocycles. The first-order valence-electron chi connectivity index (χ1n) is 6.37. The minimum atomic E-state index is -0.989. The molecule has 0 aromatic rings. The number of terminal acetylenes is 1. The SMILES string of the molecule is C#CC1C2(C(=O)O)CC3CC(C2)CC1(C(=O)O)C3. The van der Waals surface area contributed by atoms with E-state index in [1.54, 1.807) is 0 Å². The maximum atomic E-state index is 11.7. The molecular formula is C14H16O4. The van der Waals surface area contributed by atoms with Crippen molar-refractivity contribution >= 4 is 11.9 Å². The number of hydrogen-bond donors (Lipinski definition) is 2. The van der Waals surface area contributed by atoms with Crippen LogP contribution in [0.4, 0.5) is 0 Å². The molecule has 0 aromatic heterocycles. The Hall–Kier alpha value is -1.50. The summed E-state index contributed by atoms with van der Waals surface area (Å²) in [5.41, 5.74) is -1.98. The monoisotopic (exact) mass is 248 g/mol. The van der Waals surface area contributed by atoms with Crippen molar-refractivity contribution in [2.75, 3.05) is 0 Å². The summed E-state index contributed by atoms with van der Waals surface area (Å²) >= 11 is 0. The van der Waals surface area contributed by atoms with Gasteiger partial charge in [-0.2, -0.15) is 0 Å². The number of carboxylic acid groups (broad SMARTS) is 2. The maximum Gasteiger partial charge on any atom is 0.310 e. The van der Waals surface area contributed by atoms with Crippen molar-refractivity contribution in [3.8, 4) is 12.3 Å². The van der Waals surface area contributed by atoms with E-state index in [1.807, 2.05) is 0 Å². The molecule has 4 aliphatic rings. The van der Waals surface area contributed by atoms with E-state index in [9.17, 15) is 19.8 Å². The minimum absolute atomic E-state index is 0.217. The van der Waals surface area contributed by atoms with Crippen LogP contribution in [0.15, 0.2) is 0 Å². The van der Waals surface area contributed by atoms with E-state index in [-0.39, 0.29) is 11.8 Å². The van der Waals surface area contributed by atoms with Gasteiger partial charge >= 0.3 is 11.9 Å². The van der Waals surface area contributed by atoms with Crippen molar-refractivity contribution in [3.05, 3.63) is 0 Å². The Morgan fingerprint density at radius 2 is 1.39 bits per heavy atom. The van der Waals surface area contributed by atoms with E-state index in [0.29, 0.717) is 25.7 Å². The molecule has 4 fully saturated rings. The van der Waals surface area contributed by atoms with Gasteiger partial charge < -0.3 is 10.2 Å². The van der Waals surface area contributed by atoms with Crippen LogP contribution < -0.4 is 0 Å². The average Bonchev–Trinajstić information content (AvgIpc) is 2.27. The quantitative estimate of drug-likeness (QED) is 0.728. The van der Waals surface area contributed by atoms with Gasteiger partial charge in [0.15, 0.2) is 0 Å². The van der Waals surface area contributed by atoms with E-state index in [4.69, 9.17) is 6.42 Å². The second-order valence-electron chi connectivity index (χ2n) is 6.31. The molecule has 0 radical (unpaired) electrons. The first-order chi connectivity index (χ1) is 8.44. The number of aliphatic carboxylic acids is 2. The summed E-state index contributed by atoms with van der Waals surface area (Å²) < 4.78 is 0. The van der Waals surface area contributed by atoms with Crippen molar-refractivity contribution in [2.45, 2.75) is 32.1 Å². The molecule has 2 N–H and O–H groups in total. The molecule has 18 heavy (non-hydrogen) atoms. The van der Waals surface area contributed by atoms with Crippen LogP contribution in [0.5, 0.6) is 0 Å². The molecule has 0 spiro atoms. The predicted octanol–water partition coefficient (Wildman–Crippen LogP) is 1.60. The first kappa shape index (κ1) is 11.6. The van der Waals surface area contributed by atoms with Gasteiger partial charge in [-0.3, -0.25) is 9.59 Å². The van der Waals surface area contributed by atoms with Gasteiger partial charge in [-0.05, 0) is 43.9 Å². The van der Waals surface area contributed by atoms with Gasteiger partial charge in [0.2, 0.25) is 0 Å². The van der Waals surface area contributed by atoms with Gasteiger partial charge in [-0.1, -0.05) is 0 Å². The van der Waals surface area contributed by atoms with Crippen LogP contribution in [0.3, 0.4) is 0 Å². The third kappa shape index (κ3) is 1.12. The minimum Gasteiger partial charge on any atom is -0.481 e. The normalized spacial score (nSPS) is 48.7. The highest BCUT2D eigenvalue weighted by atomic mass is 16.4. The molecule has 0 amide bonds. The van der Waals surface area contributed by atoms with Gasteiger partial charge in [0.05, 0.1) is 16.7 Å². The van der Waals surface area contributed by atoms with Crippen molar-refractivity contribution in [1.82, 2.24) is 0 Å². The second kappa shape index (κ2) is 3.28. The highest BCUT2D eigenvalue weighted by molar-refractivity contribution is 5.83. The van der Waals surface area contributed by atoms with Gasteiger partial charge in [0, 0.05) is 0 Å². The zero-order valence-electron chi connectivity index (χ0n) is 10.1. The van der Waals surface area contributed by atoms with Gasteiger partial charge in [-0.25, -0.2) is 0 Å². The number of carbonyl (C=O) groups is 2. The van der Waals surface area contributed by atoms with E-state index in [2.05, 4.69) is 5.92 Å². The van der Waals surface area contributed by atoms with Gasteiger partial charge in [0.25, 0.3) is 0 Å². The second-order valence-corrected chi connectivity index (χ2v) is 6.31. The lowest BCUT2D eigenvalue weighted by atomic mass is 9.39. The molecule has 0 saturated heterocycles. The topological polar surface area (TPSA) is 74.6 Å². The summed E-state index contributed by atoms with van der Waals surface area (Å²) in [5, 5.41) is 19.2. The summed E-state index contributed by atoms with van der Waals surface area (Å²) in [6.45, 7) is 0. The molecule has 0 aliphatic heterocycles. The number of hydrogen-bond acceptors (Lipinski definition) is 2. The fourth-order valence-corrected chi connectivity index (χ4v) is 5.09. The average molecular weight is 248 g/mol. The van der Waals surface area contributed by atoms with E-state index in [0.717, 1.165) is 6.42 Å². The third-order valence-corrected chi connectivity index (χ3v) is 5.40. The zero-order chi connectivity index (χ0) is 13.1. The molecule has 4 bridgehead atoms. The molecular weight excluding hydrogens is 232 g/mol. The summed E-state index contributed by atoms with van der Waals surface area (Å²) in [5.74, 6) is 0.508. The van der Waals surface area contributed by atoms with Crippen LogP contribution in [-0.4, -0.2) is 22.2 Å². The molecule has 96 valence electrons. The van der Waals surface area contributed by atoms with Crippen molar-refractivity contribution in [2.24, 2.45) is 28.6 Å². The Morgan fingerprint density at radius 1 is 1.00 bits per heavy atom. The van der Waals surface area contributed by atoms with Crippen molar-refractivity contribution in [3.63, 3.8) is 0 Å². The lowest BCUT2D eigenvalue weighted by molar-refractivity contribution is -0.198. The van der Waals surface area contributed by atoms with E-state index < -0.39 is 28.7 Å². The summed E-state index contributed by atoms with van der Waals surface area (Å²) in [6.07, 6.45) is 8.73. The largest absolute Gasteiger partial charge is 0.481 e. The summed E-state index contributed by atoms with van der Waals surface area (Å²) in [7, 11) is 0. The molecule has 4 nitrogen and oxygen atoms in total. The molecule has 0 unspecified atom stereocenters. The Labute approximate surface area is 105 Å². The van der Waals surface area contributed by atoms with Crippen LogP contribution in [0.2, 0.25) is 0 Å². The first-order valence-corrected chi connectivity index (χ1v) is 6.37.